The summed E-state index contributed by atoms with van der Waals surface area (Å²) in [6.45, 7) is 1.68. The molecular weight excluding hydrogens is 352 g/mol. The normalized spacial score (nSPS) is 11.2. The lowest BCUT2D eigenvalue weighted by Gasteiger charge is -2.12. The summed E-state index contributed by atoms with van der Waals surface area (Å²) in [6.07, 6.45) is 0. The van der Waals surface area contributed by atoms with Crippen molar-refractivity contribution in [3.63, 3.8) is 0 Å². The van der Waals surface area contributed by atoms with Crippen LogP contribution in [-0.4, -0.2) is 28.5 Å². The number of hydrogen-bond acceptors (Lipinski definition) is 4. The van der Waals surface area contributed by atoms with Crippen molar-refractivity contribution < 1.29 is 17.9 Å². The average Bonchev–Trinajstić information content (AvgIpc) is 2.56. The molecule has 1 amide bonds. The molecule has 0 saturated carbocycles. The first kappa shape index (κ1) is 18.3. The number of anilines is 1. The lowest BCUT2D eigenvalue weighted by molar-refractivity contribution is 0.102. The summed E-state index contributed by atoms with van der Waals surface area (Å²) in [6, 6.07) is 9.32. The SMILES string of the molecule is CNS(=O)(=O)c1cc(NC(=O)c2cc(Cl)ccc2OC)ccc1C. The molecule has 0 aliphatic carbocycles. The maximum Gasteiger partial charge on any atom is 0.259 e. The molecule has 8 heteroatoms. The third kappa shape index (κ3) is 3.87. The van der Waals surface area contributed by atoms with Crippen LogP contribution in [0.4, 0.5) is 5.69 Å². The van der Waals surface area contributed by atoms with Crippen molar-refractivity contribution in [3.05, 3.63) is 52.5 Å². The van der Waals surface area contributed by atoms with E-state index in [1.807, 2.05) is 0 Å². The average molecular weight is 369 g/mol. The number of sulfonamides is 1. The molecule has 0 atom stereocenters. The second-order valence-electron chi connectivity index (χ2n) is 4.99. The topological polar surface area (TPSA) is 84.5 Å². The molecule has 0 aliphatic rings. The Morgan fingerprint density at radius 1 is 1.17 bits per heavy atom. The number of nitrogens with one attached hydrogen (secondary N) is 2. The largest absolute Gasteiger partial charge is 0.496 e. The van der Waals surface area contributed by atoms with Gasteiger partial charge in [-0.3, -0.25) is 4.79 Å². The molecule has 0 bridgehead atoms. The Bertz CT molecular complexity index is 882. The zero-order chi connectivity index (χ0) is 17.9. The van der Waals surface area contributed by atoms with Gasteiger partial charge >= 0.3 is 0 Å². The fourth-order valence-corrected chi connectivity index (χ4v) is 3.30. The van der Waals surface area contributed by atoms with Gasteiger partial charge in [-0.05, 0) is 49.9 Å². The Kier molecular flexibility index (Phi) is 5.48. The molecule has 0 heterocycles. The molecule has 2 N–H and O–H groups in total. The van der Waals surface area contributed by atoms with Gasteiger partial charge in [0, 0.05) is 10.7 Å². The molecule has 2 rings (SSSR count). The fourth-order valence-electron chi connectivity index (χ4n) is 2.13. The maximum absolute atomic E-state index is 12.4. The van der Waals surface area contributed by atoms with Gasteiger partial charge in [-0.1, -0.05) is 17.7 Å². The number of carbonyl (C=O) groups is 1. The monoisotopic (exact) mass is 368 g/mol. The quantitative estimate of drug-likeness (QED) is 0.849. The molecule has 6 nitrogen and oxygen atoms in total. The van der Waals surface area contributed by atoms with Crippen LogP contribution in [0.5, 0.6) is 5.75 Å². The number of ether oxygens (including phenoxy) is 1. The molecule has 0 aromatic heterocycles. The second kappa shape index (κ2) is 7.21. The molecular formula is C16H17ClN2O4S. The van der Waals surface area contributed by atoms with E-state index in [1.54, 1.807) is 31.2 Å². The number of methoxy groups -OCH3 is 1. The molecule has 0 unspecified atom stereocenters. The standard InChI is InChI=1S/C16H17ClN2O4S/c1-10-4-6-12(9-15(10)24(21,22)18-2)19-16(20)13-8-11(17)5-7-14(13)23-3/h4-9,18H,1-3H3,(H,19,20). The Morgan fingerprint density at radius 2 is 1.88 bits per heavy atom. The number of halogens is 1. The summed E-state index contributed by atoms with van der Waals surface area (Å²) in [5.41, 5.74) is 1.17. The summed E-state index contributed by atoms with van der Waals surface area (Å²) in [4.78, 5) is 12.5. The van der Waals surface area contributed by atoms with Crippen molar-refractivity contribution in [2.75, 3.05) is 19.5 Å². The van der Waals surface area contributed by atoms with Crippen LogP contribution in [0.3, 0.4) is 0 Å². The van der Waals surface area contributed by atoms with Crippen LogP contribution in [-0.2, 0) is 10.0 Å². The molecule has 128 valence electrons. The number of carbonyl (C=O) groups excluding carboxylic acids is 1. The molecule has 2 aromatic rings. The van der Waals surface area contributed by atoms with Gasteiger partial charge in [0.15, 0.2) is 0 Å². The van der Waals surface area contributed by atoms with Gasteiger partial charge in [0.2, 0.25) is 10.0 Å². The van der Waals surface area contributed by atoms with E-state index in [-0.39, 0.29) is 10.5 Å². The highest BCUT2D eigenvalue weighted by molar-refractivity contribution is 7.89. The smallest absolute Gasteiger partial charge is 0.259 e. The minimum Gasteiger partial charge on any atom is -0.496 e. The van der Waals surface area contributed by atoms with Crippen molar-refractivity contribution in [2.24, 2.45) is 0 Å². The first-order valence-electron chi connectivity index (χ1n) is 6.97. The van der Waals surface area contributed by atoms with E-state index in [4.69, 9.17) is 16.3 Å². The van der Waals surface area contributed by atoms with Crippen molar-refractivity contribution in [1.82, 2.24) is 4.72 Å². The first-order chi connectivity index (χ1) is 11.3. The van der Waals surface area contributed by atoms with Crippen LogP contribution < -0.4 is 14.8 Å². The zero-order valence-electron chi connectivity index (χ0n) is 13.4. The van der Waals surface area contributed by atoms with E-state index in [1.165, 1.54) is 26.3 Å². The van der Waals surface area contributed by atoms with Gasteiger partial charge < -0.3 is 10.1 Å². The lowest BCUT2D eigenvalue weighted by atomic mass is 10.1. The van der Waals surface area contributed by atoms with Crippen LogP contribution >= 0.6 is 11.6 Å². The Morgan fingerprint density at radius 3 is 2.50 bits per heavy atom. The molecule has 0 spiro atoms. The summed E-state index contributed by atoms with van der Waals surface area (Å²) in [5, 5.41) is 3.05. The zero-order valence-corrected chi connectivity index (χ0v) is 15.0. The molecule has 0 aliphatic heterocycles. The number of hydrogen-bond donors (Lipinski definition) is 2. The summed E-state index contributed by atoms with van der Waals surface area (Å²) in [7, 11) is -0.840. The van der Waals surface area contributed by atoms with Gasteiger partial charge in [-0.15, -0.1) is 0 Å². The summed E-state index contributed by atoms with van der Waals surface area (Å²) >= 11 is 5.92. The Hall–Kier alpha value is -2.09. The van der Waals surface area contributed by atoms with Crippen molar-refractivity contribution in [1.29, 1.82) is 0 Å². The van der Waals surface area contributed by atoms with E-state index in [0.717, 1.165) is 0 Å². The minimum atomic E-state index is -3.62. The predicted octanol–water partition coefficient (Wildman–Crippen LogP) is 2.82. The van der Waals surface area contributed by atoms with Crippen molar-refractivity contribution >= 4 is 33.2 Å². The molecule has 24 heavy (non-hydrogen) atoms. The number of aryl methyl sites for hydroxylation is 1. The molecule has 2 aromatic carbocycles. The Balaban J connectivity index is 2.37. The van der Waals surface area contributed by atoms with Gasteiger partial charge in [0.25, 0.3) is 5.91 Å². The van der Waals surface area contributed by atoms with Gasteiger partial charge in [-0.25, -0.2) is 13.1 Å². The van der Waals surface area contributed by atoms with Crippen LogP contribution in [0.1, 0.15) is 15.9 Å². The van der Waals surface area contributed by atoms with E-state index in [0.29, 0.717) is 22.0 Å². The molecule has 0 saturated heterocycles. The van der Waals surface area contributed by atoms with Gasteiger partial charge in [0.1, 0.15) is 5.75 Å². The second-order valence-corrected chi connectivity index (χ2v) is 7.28. The van der Waals surface area contributed by atoms with Crippen molar-refractivity contribution in [3.8, 4) is 5.75 Å². The van der Waals surface area contributed by atoms with E-state index >= 15 is 0 Å². The number of benzene rings is 2. The predicted molar refractivity (Wildman–Crippen MR) is 93.4 cm³/mol. The highest BCUT2D eigenvalue weighted by atomic mass is 35.5. The van der Waals surface area contributed by atoms with E-state index in [2.05, 4.69) is 10.0 Å². The van der Waals surface area contributed by atoms with Crippen LogP contribution in [0.2, 0.25) is 5.02 Å². The van der Waals surface area contributed by atoms with E-state index in [9.17, 15) is 13.2 Å². The molecule has 0 fully saturated rings. The van der Waals surface area contributed by atoms with Crippen molar-refractivity contribution in [2.45, 2.75) is 11.8 Å². The third-order valence-corrected chi connectivity index (χ3v) is 5.20. The number of rotatable bonds is 5. The highest BCUT2D eigenvalue weighted by Crippen LogP contribution is 2.25. The fraction of sp³-hybridized carbons (Fsp3) is 0.188. The van der Waals surface area contributed by atoms with Crippen LogP contribution in [0, 0.1) is 6.92 Å². The maximum atomic E-state index is 12.4. The first-order valence-corrected chi connectivity index (χ1v) is 8.83. The summed E-state index contributed by atoms with van der Waals surface area (Å²) in [5.74, 6) is -0.0851. The third-order valence-electron chi connectivity index (χ3n) is 3.41. The van der Waals surface area contributed by atoms with Crippen LogP contribution in [0.15, 0.2) is 41.3 Å². The van der Waals surface area contributed by atoms with Crippen LogP contribution in [0.25, 0.3) is 0 Å². The highest BCUT2D eigenvalue weighted by Gasteiger charge is 2.17. The Labute approximate surface area is 145 Å². The van der Waals surface area contributed by atoms with Gasteiger partial charge in [-0.2, -0.15) is 0 Å². The molecule has 0 radical (unpaired) electrons. The minimum absolute atomic E-state index is 0.0980. The van der Waals surface area contributed by atoms with E-state index < -0.39 is 15.9 Å². The summed E-state index contributed by atoms with van der Waals surface area (Å²) < 4.78 is 31.4. The number of amides is 1. The lowest BCUT2D eigenvalue weighted by Crippen LogP contribution is -2.20. The van der Waals surface area contributed by atoms with Gasteiger partial charge in [0.05, 0.1) is 17.6 Å².